The Hall–Kier alpha value is -3.04. The van der Waals surface area contributed by atoms with Gasteiger partial charge in [0.15, 0.2) is 5.78 Å². The van der Waals surface area contributed by atoms with Crippen LogP contribution in [-0.2, 0) is 0 Å². The second kappa shape index (κ2) is 8.14. The monoisotopic (exact) mass is 441 g/mol. The maximum absolute atomic E-state index is 13.3. The van der Waals surface area contributed by atoms with Gasteiger partial charge < -0.3 is 0 Å². The van der Waals surface area contributed by atoms with Crippen LogP contribution >= 0.6 is 15.9 Å². The number of benzene rings is 3. The van der Waals surface area contributed by atoms with E-state index < -0.39 is 0 Å². The van der Waals surface area contributed by atoms with Crippen molar-refractivity contribution >= 4 is 38.7 Å². The first-order valence-corrected chi connectivity index (χ1v) is 10.3. The molecule has 1 aromatic heterocycles. The largest absolute Gasteiger partial charge is 0.289 e. The van der Waals surface area contributed by atoms with Gasteiger partial charge in [-0.05, 0) is 55.3 Å². The summed E-state index contributed by atoms with van der Waals surface area (Å²) < 4.78 is 1.01. The maximum atomic E-state index is 13.3. The number of hydrogen-bond acceptors (Lipinski definition) is 2. The SMILES string of the molecule is Cc1ccc2nc(C)c(C(=O)/C=C\c3ccc(Br)cc3)c(-c3ccccc3)c2c1. The van der Waals surface area contributed by atoms with Crippen LogP contribution < -0.4 is 0 Å². The number of nitrogens with zero attached hydrogens (tertiary/aromatic N) is 1. The van der Waals surface area contributed by atoms with Gasteiger partial charge in [-0.3, -0.25) is 9.78 Å². The van der Waals surface area contributed by atoms with E-state index in [1.807, 2.05) is 73.7 Å². The van der Waals surface area contributed by atoms with Crippen LogP contribution in [0.3, 0.4) is 0 Å². The Kier molecular flexibility index (Phi) is 5.41. The molecule has 1 heterocycles. The number of allylic oxidation sites excluding steroid dienone is 1. The molecule has 3 aromatic carbocycles. The summed E-state index contributed by atoms with van der Waals surface area (Å²) in [5.74, 6) is -0.0415. The summed E-state index contributed by atoms with van der Waals surface area (Å²) in [6.45, 7) is 3.97. The van der Waals surface area contributed by atoms with Crippen molar-refractivity contribution in [2.24, 2.45) is 0 Å². The van der Waals surface area contributed by atoms with E-state index >= 15 is 0 Å². The lowest BCUT2D eigenvalue weighted by atomic mass is 9.91. The van der Waals surface area contributed by atoms with Crippen LogP contribution in [0.5, 0.6) is 0 Å². The Labute approximate surface area is 179 Å². The lowest BCUT2D eigenvalue weighted by Crippen LogP contribution is -2.05. The van der Waals surface area contributed by atoms with E-state index in [9.17, 15) is 4.79 Å². The number of hydrogen-bond donors (Lipinski definition) is 0. The maximum Gasteiger partial charge on any atom is 0.188 e. The van der Waals surface area contributed by atoms with Crippen molar-refractivity contribution in [3.8, 4) is 11.1 Å². The van der Waals surface area contributed by atoms with Crippen molar-refractivity contribution in [3.05, 3.63) is 106 Å². The third kappa shape index (κ3) is 4.06. The Bertz CT molecular complexity index is 1230. The number of aryl methyl sites for hydroxylation is 2. The number of carbonyl (C=O) groups excluding carboxylic acids is 1. The first kappa shape index (κ1) is 19.3. The topological polar surface area (TPSA) is 30.0 Å². The molecular weight excluding hydrogens is 422 g/mol. The zero-order valence-corrected chi connectivity index (χ0v) is 17.9. The molecule has 29 heavy (non-hydrogen) atoms. The Morgan fingerprint density at radius 3 is 2.38 bits per heavy atom. The molecule has 0 N–H and O–H groups in total. The summed E-state index contributed by atoms with van der Waals surface area (Å²) in [7, 11) is 0. The molecule has 2 nitrogen and oxygen atoms in total. The summed E-state index contributed by atoms with van der Waals surface area (Å²) in [6, 6.07) is 24.1. The number of aromatic nitrogens is 1. The van der Waals surface area contributed by atoms with Gasteiger partial charge >= 0.3 is 0 Å². The van der Waals surface area contributed by atoms with Gasteiger partial charge in [0.2, 0.25) is 0 Å². The predicted molar refractivity (Wildman–Crippen MR) is 124 cm³/mol. The molecule has 0 amide bonds. The number of halogens is 1. The molecule has 142 valence electrons. The minimum atomic E-state index is -0.0415. The summed E-state index contributed by atoms with van der Waals surface area (Å²) in [5, 5.41) is 1.00. The summed E-state index contributed by atoms with van der Waals surface area (Å²) in [6.07, 6.45) is 3.49. The minimum Gasteiger partial charge on any atom is -0.289 e. The molecule has 0 aliphatic rings. The first-order chi connectivity index (χ1) is 14.0. The van der Waals surface area contributed by atoms with E-state index in [1.165, 1.54) is 0 Å². The van der Waals surface area contributed by atoms with Crippen molar-refractivity contribution in [1.82, 2.24) is 4.98 Å². The second-order valence-corrected chi connectivity index (χ2v) is 8.00. The molecule has 0 fully saturated rings. The third-order valence-electron chi connectivity index (χ3n) is 4.93. The standard InChI is InChI=1S/C26H20BrNO/c1-17-8-14-23-22(16-17)26(20-6-4-3-5-7-20)25(18(2)28-23)24(29)15-11-19-9-12-21(27)13-10-19/h3-16H,1-2H3/b15-11-. The van der Waals surface area contributed by atoms with Gasteiger partial charge in [0.25, 0.3) is 0 Å². The highest BCUT2D eigenvalue weighted by atomic mass is 79.9. The molecule has 0 aliphatic heterocycles. The van der Waals surface area contributed by atoms with Crippen LogP contribution in [0.4, 0.5) is 0 Å². The second-order valence-electron chi connectivity index (χ2n) is 7.08. The van der Waals surface area contributed by atoms with Gasteiger partial charge in [0.1, 0.15) is 0 Å². The average molecular weight is 442 g/mol. The molecular formula is C26H20BrNO. The summed E-state index contributed by atoms with van der Waals surface area (Å²) >= 11 is 3.44. The lowest BCUT2D eigenvalue weighted by Gasteiger charge is -2.14. The van der Waals surface area contributed by atoms with Gasteiger partial charge in [-0.2, -0.15) is 0 Å². The molecule has 0 radical (unpaired) electrons. The van der Waals surface area contributed by atoms with Gasteiger partial charge in [-0.1, -0.05) is 76.1 Å². The summed E-state index contributed by atoms with van der Waals surface area (Å²) in [5.41, 5.74) is 6.39. The molecule has 0 saturated heterocycles. The molecule has 4 rings (SSSR count). The van der Waals surface area contributed by atoms with E-state index in [1.54, 1.807) is 6.08 Å². The number of fused-ring (bicyclic) bond motifs is 1. The van der Waals surface area contributed by atoms with Crippen molar-refractivity contribution in [3.63, 3.8) is 0 Å². The summed E-state index contributed by atoms with van der Waals surface area (Å²) in [4.78, 5) is 18.0. The normalized spacial score (nSPS) is 11.3. The number of rotatable bonds is 4. The highest BCUT2D eigenvalue weighted by Crippen LogP contribution is 2.34. The number of ketones is 1. The van der Waals surface area contributed by atoms with Crippen molar-refractivity contribution in [2.45, 2.75) is 13.8 Å². The van der Waals surface area contributed by atoms with E-state index in [2.05, 4.69) is 35.0 Å². The van der Waals surface area contributed by atoms with Crippen LogP contribution in [0.25, 0.3) is 28.1 Å². The van der Waals surface area contributed by atoms with E-state index in [4.69, 9.17) is 4.98 Å². The Morgan fingerprint density at radius 2 is 1.66 bits per heavy atom. The first-order valence-electron chi connectivity index (χ1n) is 9.47. The van der Waals surface area contributed by atoms with Gasteiger partial charge in [-0.15, -0.1) is 0 Å². The zero-order valence-electron chi connectivity index (χ0n) is 16.3. The molecule has 0 bridgehead atoms. The van der Waals surface area contributed by atoms with E-state index in [-0.39, 0.29) is 5.78 Å². The highest BCUT2D eigenvalue weighted by Gasteiger charge is 2.19. The fourth-order valence-electron chi connectivity index (χ4n) is 3.54. The molecule has 0 aliphatic carbocycles. The average Bonchev–Trinajstić information content (AvgIpc) is 2.73. The lowest BCUT2D eigenvalue weighted by molar-refractivity contribution is 0.104. The van der Waals surface area contributed by atoms with E-state index in [0.717, 1.165) is 43.3 Å². The Morgan fingerprint density at radius 1 is 0.931 bits per heavy atom. The third-order valence-corrected chi connectivity index (χ3v) is 5.46. The smallest absolute Gasteiger partial charge is 0.188 e. The molecule has 0 saturated carbocycles. The van der Waals surface area contributed by atoms with E-state index in [0.29, 0.717) is 5.56 Å². The highest BCUT2D eigenvalue weighted by molar-refractivity contribution is 9.10. The van der Waals surface area contributed by atoms with Gasteiger partial charge in [0, 0.05) is 21.1 Å². The molecule has 4 aromatic rings. The fraction of sp³-hybridized carbons (Fsp3) is 0.0769. The van der Waals surface area contributed by atoms with Crippen LogP contribution in [0.1, 0.15) is 27.2 Å². The Balaban J connectivity index is 1.90. The van der Waals surface area contributed by atoms with Gasteiger partial charge in [-0.25, -0.2) is 0 Å². The number of carbonyl (C=O) groups is 1. The fourth-order valence-corrected chi connectivity index (χ4v) is 3.80. The van der Waals surface area contributed by atoms with Crippen LogP contribution in [0.15, 0.2) is 83.3 Å². The van der Waals surface area contributed by atoms with Crippen molar-refractivity contribution in [1.29, 1.82) is 0 Å². The van der Waals surface area contributed by atoms with Crippen LogP contribution in [0, 0.1) is 13.8 Å². The van der Waals surface area contributed by atoms with Crippen molar-refractivity contribution < 1.29 is 4.79 Å². The van der Waals surface area contributed by atoms with Gasteiger partial charge in [0.05, 0.1) is 11.1 Å². The molecule has 0 unspecified atom stereocenters. The quantitative estimate of drug-likeness (QED) is 0.248. The molecule has 0 atom stereocenters. The molecule has 0 spiro atoms. The van der Waals surface area contributed by atoms with Crippen LogP contribution in [0.2, 0.25) is 0 Å². The number of pyridine rings is 1. The molecule has 3 heteroatoms. The van der Waals surface area contributed by atoms with Crippen LogP contribution in [-0.4, -0.2) is 10.8 Å². The zero-order chi connectivity index (χ0) is 20.4. The predicted octanol–water partition coefficient (Wildman–Crippen LogP) is 7.18. The minimum absolute atomic E-state index is 0.0415. The van der Waals surface area contributed by atoms with Crippen molar-refractivity contribution in [2.75, 3.05) is 0 Å².